The van der Waals surface area contributed by atoms with Gasteiger partial charge in [0.1, 0.15) is 5.76 Å². The number of allylic oxidation sites excluding steroid dienone is 1. The Hall–Kier alpha value is -1.96. The summed E-state index contributed by atoms with van der Waals surface area (Å²) in [4.78, 5) is 2.50. The van der Waals surface area contributed by atoms with Gasteiger partial charge in [-0.1, -0.05) is 36.4 Å². The first kappa shape index (κ1) is 13.0. The highest BCUT2D eigenvalue weighted by atomic mass is 16.3. The van der Waals surface area contributed by atoms with Crippen LogP contribution in [0.4, 0.5) is 0 Å². The summed E-state index contributed by atoms with van der Waals surface area (Å²) in [5, 5.41) is 0. The molecule has 0 aliphatic carbocycles. The summed E-state index contributed by atoms with van der Waals surface area (Å²) in [7, 11) is 0. The molecule has 2 aromatic rings. The maximum atomic E-state index is 5.38. The van der Waals surface area contributed by atoms with Crippen molar-refractivity contribution in [1.82, 2.24) is 4.90 Å². The predicted octanol–water partition coefficient (Wildman–Crippen LogP) is 4.39. The van der Waals surface area contributed by atoms with Crippen molar-refractivity contribution in [3.8, 4) is 0 Å². The van der Waals surface area contributed by atoms with E-state index in [1.54, 1.807) is 6.26 Å². The average Bonchev–Trinajstić information content (AvgIpc) is 2.88. The van der Waals surface area contributed by atoms with Crippen LogP contribution in [0.1, 0.15) is 31.1 Å². The Kier molecular flexibility index (Phi) is 3.91. The van der Waals surface area contributed by atoms with Crippen LogP contribution in [-0.2, 0) is 13.0 Å². The van der Waals surface area contributed by atoms with Crippen molar-refractivity contribution in [3.05, 3.63) is 71.8 Å². The number of hydrogen-bond donors (Lipinski definition) is 0. The van der Waals surface area contributed by atoms with Gasteiger partial charge in [0.05, 0.1) is 12.3 Å². The lowest BCUT2D eigenvalue weighted by atomic mass is 10.1. The predicted molar refractivity (Wildman–Crippen MR) is 81.2 cm³/mol. The van der Waals surface area contributed by atoms with Crippen molar-refractivity contribution in [2.45, 2.75) is 38.8 Å². The molecule has 1 unspecified atom stereocenters. The van der Waals surface area contributed by atoms with Gasteiger partial charge in [-0.2, -0.15) is 0 Å². The molecule has 1 aromatic heterocycles. The smallest absolute Gasteiger partial charge is 0.103 e. The van der Waals surface area contributed by atoms with Crippen molar-refractivity contribution in [2.24, 2.45) is 0 Å². The number of aryl methyl sites for hydroxylation is 1. The fourth-order valence-corrected chi connectivity index (χ4v) is 2.87. The van der Waals surface area contributed by atoms with Crippen LogP contribution in [0.3, 0.4) is 0 Å². The van der Waals surface area contributed by atoms with E-state index in [-0.39, 0.29) is 0 Å². The second kappa shape index (κ2) is 6.00. The van der Waals surface area contributed by atoms with Crippen molar-refractivity contribution >= 4 is 0 Å². The first-order valence-corrected chi connectivity index (χ1v) is 7.37. The van der Waals surface area contributed by atoms with E-state index in [0.717, 1.165) is 18.7 Å². The van der Waals surface area contributed by atoms with Crippen molar-refractivity contribution in [1.29, 1.82) is 0 Å². The molecular formula is C18H21NO. The fraction of sp³-hybridized carbons (Fsp3) is 0.333. The normalized spacial score (nSPS) is 19.6. The Labute approximate surface area is 120 Å². The number of nitrogens with zero attached hydrogens (tertiary/aromatic N) is 1. The van der Waals surface area contributed by atoms with E-state index < -0.39 is 0 Å². The van der Waals surface area contributed by atoms with Gasteiger partial charge in [0.15, 0.2) is 0 Å². The maximum absolute atomic E-state index is 5.38. The van der Waals surface area contributed by atoms with Gasteiger partial charge in [-0.05, 0) is 37.5 Å². The zero-order chi connectivity index (χ0) is 13.8. The molecule has 1 aliphatic heterocycles. The molecule has 0 N–H and O–H groups in total. The Morgan fingerprint density at radius 2 is 2.00 bits per heavy atom. The lowest BCUT2D eigenvalue weighted by molar-refractivity contribution is 0.466. The molecule has 2 heteroatoms. The fourth-order valence-electron chi connectivity index (χ4n) is 2.87. The molecule has 3 rings (SSSR count). The lowest BCUT2D eigenvalue weighted by Gasteiger charge is -2.04. The molecule has 1 fully saturated rings. The Morgan fingerprint density at radius 1 is 1.15 bits per heavy atom. The topological polar surface area (TPSA) is 16.1 Å². The van der Waals surface area contributed by atoms with Gasteiger partial charge in [-0.25, -0.2) is 0 Å². The van der Waals surface area contributed by atoms with Gasteiger partial charge in [-0.15, -0.1) is 0 Å². The molecular weight excluding hydrogens is 246 g/mol. The summed E-state index contributed by atoms with van der Waals surface area (Å²) >= 11 is 0. The molecule has 1 aliphatic rings. The summed E-state index contributed by atoms with van der Waals surface area (Å²) in [6, 6.07) is 15.4. The summed E-state index contributed by atoms with van der Waals surface area (Å²) in [6.07, 6.45) is 7.44. The number of hydrogen-bond acceptors (Lipinski definition) is 2. The van der Waals surface area contributed by atoms with E-state index >= 15 is 0 Å². The van der Waals surface area contributed by atoms with Crippen molar-refractivity contribution in [3.63, 3.8) is 0 Å². The van der Waals surface area contributed by atoms with Crippen LogP contribution in [0, 0.1) is 0 Å². The van der Waals surface area contributed by atoms with Gasteiger partial charge in [0.2, 0.25) is 0 Å². The minimum atomic E-state index is 0.634. The van der Waals surface area contributed by atoms with E-state index in [4.69, 9.17) is 4.42 Å². The summed E-state index contributed by atoms with van der Waals surface area (Å²) in [5.74, 6) is 1.10. The first-order valence-electron chi connectivity index (χ1n) is 7.37. The Balaban J connectivity index is 1.50. The number of benzene rings is 1. The molecule has 0 saturated carbocycles. The van der Waals surface area contributed by atoms with E-state index in [2.05, 4.69) is 54.3 Å². The van der Waals surface area contributed by atoms with E-state index in [0.29, 0.717) is 6.04 Å². The SMILES string of the molecule is C/C=C1\C(CCCc2ccco2)N1Cc1ccccc1. The molecule has 1 aromatic carbocycles. The molecule has 0 bridgehead atoms. The average molecular weight is 267 g/mol. The van der Waals surface area contributed by atoms with Crippen molar-refractivity contribution in [2.75, 3.05) is 0 Å². The van der Waals surface area contributed by atoms with Gasteiger partial charge >= 0.3 is 0 Å². The van der Waals surface area contributed by atoms with E-state index in [1.165, 1.54) is 24.1 Å². The van der Waals surface area contributed by atoms with Gasteiger partial charge in [0.25, 0.3) is 0 Å². The van der Waals surface area contributed by atoms with Crippen LogP contribution in [0.15, 0.2) is 64.9 Å². The Morgan fingerprint density at radius 3 is 2.70 bits per heavy atom. The highest BCUT2D eigenvalue weighted by Crippen LogP contribution is 2.38. The second-order valence-electron chi connectivity index (χ2n) is 5.31. The van der Waals surface area contributed by atoms with E-state index in [9.17, 15) is 0 Å². The number of furan rings is 1. The molecule has 1 saturated heterocycles. The van der Waals surface area contributed by atoms with Crippen LogP contribution in [0.25, 0.3) is 0 Å². The maximum Gasteiger partial charge on any atom is 0.103 e. The summed E-state index contributed by atoms with van der Waals surface area (Å²) in [6.45, 7) is 3.17. The number of rotatable bonds is 6. The highest BCUT2D eigenvalue weighted by molar-refractivity contribution is 5.28. The first-order chi connectivity index (χ1) is 9.88. The van der Waals surface area contributed by atoms with Gasteiger partial charge in [0, 0.05) is 18.7 Å². The zero-order valence-electron chi connectivity index (χ0n) is 12.0. The third kappa shape index (κ3) is 2.96. The largest absolute Gasteiger partial charge is 0.469 e. The molecule has 1 atom stereocenters. The van der Waals surface area contributed by atoms with E-state index in [1.807, 2.05) is 6.07 Å². The van der Waals surface area contributed by atoms with Crippen molar-refractivity contribution < 1.29 is 4.42 Å². The summed E-state index contributed by atoms with van der Waals surface area (Å²) < 4.78 is 5.38. The molecule has 104 valence electrons. The minimum absolute atomic E-state index is 0.634. The van der Waals surface area contributed by atoms with Gasteiger partial charge in [-0.3, -0.25) is 0 Å². The van der Waals surface area contributed by atoms with Crippen LogP contribution >= 0.6 is 0 Å². The van der Waals surface area contributed by atoms with Gasteiger partial charge < -0.3 is 9.32 Å². The zero-order valence-corrected chi connectivity index (χ0v) is 12.0. The summed E-state index contributed by atoms with van der Waals surface area (Å²) in [5.41, 5.74) is 2.88. The van der Waals surface area contributed by atoms with Crippen LogP contribution < -0.4 is 0 Å². The molecule has 0 spiro atoms. The second-order valence-corrected chi connectivity index (χ2v) is 5.31. The molecule has 0 radical (unpaired) electrons. The highest BCUT2D eigenvalue weighted by Gasteiger charge is 2.38. The standard InChI is InChI=1S/C18H21NO/c1-2-17-18(12-6-10-16-11-7-13-20-16)19(17)14-15-8-4-3-5-9-15/h2-5,7-9,11,13,18H,6,10,12,14H2,1H3/b17-2+. The molecule has 0 amide bonds. The molecule has 20 heavy (non-hydrogen) atoms. The molecule has 2 heterocycles. The Bertz CT molecular complexity index is 556. The minimum Gasteiger partial charge on any atom is -0.469 e. The third-order valence-corrected chi connectivity index (χ3v) is 3.95. The lowest BCUT2D eigenvalue weighted by Crippen LogP contribution is -2.02. The van der Waals surface area contributed by atoms with Crippen LogP contribution in [0.5, 0.6) is 0 Å². The van der Waals surface area contributed by atoms with Crippen LogP contribution in [-0.4, -0.2) is 10.9 Å². The molecule has 2 nitrogen and oxygen atoms in total. The monoisotopic (exact) mass is 267 g/mol. The third-order valence-electron chi connectivity index (χ3n) is 3.95. The quantitative estimate of drug-likeness (QED) is 0.722. The van der Waals surface area contributed by atoms with Crippen LogP contribution in [0.2, 0.25) is 0 Å².